The van der Waals surface area contributed by atoms with Crippen LogP contribution in [0, 0.1) is 5.41 Å². The molecule has 0 saturated carbocycles. The molecule has 294 valence electrons. The van der Waals surface area contributed by atoms with Crippen molar-refractivity contribution in [2.75, 3.05) is 0 Å². The Balaban J connectivity index is 1.61. The predicted octanol–water partition coefficient (Wildman–Crippen LogP) is 15.1. The predicted molar refractivity (Wildman–Crippen MR) is 238 cm³/mol. The molecular weight excluding hydrogens is 719 g/mol. The van der Waals surface area contributed by atoms with Crippen LogP contribution in [0.5, 0.6) is 11.5 Å². The van der Waals surface area contributed by atoms with Gasteiger partial charge in [0.15, 0.2) is 0 Å². The van der Waals surface area contributed by atoms with Crippen molar-refractivity contribution in [1.29, 1.82) is 0 Å². The maximum Gasteiger partial charge on any atom is 0.505 e. The third-order valence-electron chi connectivity index (χ3n) is 12.8. The van der Waals surface area contributed by atoms with E-state index in [4.69, 9.17) is 9.05 Å². The van der Waals surface area contributed by atoms with Gasteiger partial charge < -0.3 is 9.05 Å². The van der Waals surface area contributed by atoms with E-state index in [0.717, 1.165) is 44.5 Å². The van der Waals surface area contributed by atoms with Gasteiger partial charge in [0.05, 0.1) is 0 Å². The van der Waals surface area contributed by atoms with E-state index in [0.29, 0.717) is 11.5 Å². The van der Waals surface area contributed by atoms with Crippen LogP contribution in [-0.4, -0.2) is 0 Å². The van der Waals surface area contributed by atoms with E-state index in [1.165, 1.54) is 11.1 Å². The van der Waals surface area contributed by atoms with Crippen molar-refractivity contribution in [1.82, 2.24) is 0 Å². The lowest BCUT2D eigenvalue weighted by Gasteiger charge is -2.42. The molecule has 4 heteroatoms. The van der Waals surface area contributed by atoms with Gasteiger partial charge in [0.25, 0.3) is 0 Å². The summed E-state index contributed by atoms with van der Waals surface area (Å²) in [6.45, 7) is 24.9. The van der Waals surface area contributed by atoms with Gasteiger partial charge in [0.1, 0.15) is 11.5 Å². The molecule has 0 bridgehead atoms. The molecule has 0 atom stereocenters. The van der Waals surface area contributed by atoms with Gasteiger partial charge in [-0.15, -0.1) is 4.20 Å². The molecule has 0 N–H and O–H groups in total. The smallest absolute Gasteiger partial charge is 0.414 e. The standard InChI is InChI=1S/C53H58FO2P/c1-49(2,3)46-42-32-40(50(4,5)36-24-16-12-17-25-36)34-44(52(8,9)38-28-20-14-21-29-38)47(42)55-57(54)56-48-43(46)33-41(51(6,7)37-26-18-13-19-27-37)35-45(48)53(10,11)39-30-22-15-23-31-39/h12-35,46H,1-11H3. The zero-order valence-electron chi connectivity index (χ0n) is 35.6. The molecular formula is C53H58FO2P. The first kappa shape index (κ1) is 40.5. The van der Waals surface area contributed by atoms with Crippen LogP contribution in [0.25, 0.3) is 0 Å². The summed E-state index contributed by atoms with van der Waals surface area (Å²) in [5.74, 6) is 0.916. The second-order valence-corrected chi connectivity index (χ2v) is 19.8. The van der Waals surface area contributed by atoms with Crippen LogP contribution >= 0.6 is 8.69 Å². The molecule has 0 aliphatic carbocycles. The minimum absolute atomic E-state index is 0.236. The van der Waals surface area contributed by atoms with Crippen LogP contribution in [0.1, 0.15) is 138 Å². The number of hydrogen-bond donors (Lipinski definition) is 0. The summed E-state index contributed by atoms with van der Waals surface area (Å²) >= 11 is 0. The van der Waals surface area contributed by atoms with Crippen LogP contribution in [0.2, 0.25) is 0 Å². The number of halogens is 1. The second kappa shape index (κ2) is 14.9. The highest BCUT2D eigenvalue weighted by Crippen LogP contribution is 2.60. The van der Waals surface area contributed by atoms with Crippen LogP contribution in [0.3, 0.4) is 0 Å². The molecule has 1 aliphatic rings. The minimum atomic E-state index is -2.89. The molecule has 6 aromatic carbocycles. The van der Waals surface area contributed by atoms with Crippen molar-refractivity contribution in [3.63, 3.8) is 0 Å². The fourth-order valence-corrected chi connectivity index (χ4v) is 9.64. The van der Waals surface area contributed by atoms with Crippen molar-refractivity contribution in [2.45, 2.75) is 104 Å². The average molecular weight is 777 g/mol. The Morgan fingerprint density at radius 1 is 0.386 bits per heavy atom. The lowest BCUT2D eigenvalue weighted by Crippen LogP contribution is -2.30. The van der Waals surface area contributed by atoms with Crippen molar-refractivity contribution >= 4 is 8.69 Å². The van der Waals surface area contributed by atoms with E-state index >= 15 is 4.20 Å². The largest absolute Gasteiger partial charge is 0.505 e. The first-order chi connectivity index (χ1) is 26.8. The third kappa shape index (κ3) is 7.45. The van der Waals surface area contributed by atoms with Crippen LogP contribution in [-0.2, 0) is 21.7 Å². The van der Waals surface area contributed by atoms with Gasteiger partial charge in [-0.3, -0.25) is 0 Å². The average Bonchev–Trinajstić information content (AvgIpc) is 3.18. The first-order valence-corrected chi connectivity index (χ1v) is 21.3. The molecule has 0 aromatic heterocycles. The van der Waals surface area contributed by atoms with Crippen LogP contribution in [0.15, 0.2) is 146 Å². The Kier molecular flexibility index (Phi) is 10.6. The molecule has 0 unspecified atom stereocenters. The van der Waals surface area contributed by atoms with E-state index in [1.54, 1.807) is 0 Å². The molecule has 0 amide bonds. The number of hydrogen-bond acceptors (Lipinski definition) is 2. The van der Waals surface area contributed by atoms with Crippen molar-refractivity contribution < 1.29 is 13.2 Å². The van der Waals surface area contributed by atoms with E-state index in [1.807, 2.05) is 12.1 Å². The summed E-state index contributed by atoms with van der Waals surface area (Å²) in [4.78, 5) is 0. The SMILES string of the molecule is CC(C)(c1ccccc1)c1cc2c(c(C(C)(C)c3ccccc3)c1)OP(F)Oc1c(cc(C(C)(C)c3ccccc3)cc1C(C)(C)c1ccccc1)C2C(C)(C)C. The lowest BCUT2D eigenvalue weighted by atomic mass is 9.65. The molecule has 6 aromatic rings. The highest BCUT2D eigenvalue weighted by atomic mass is 31.2. The van der Waals surface area contributed by atoms with E-state index < -0.39 is 19.5 Å². The lowest BCUT2D eigenvalue weighted by molar-refractivity contribution is 0.330. The second-order valence-electron chi connectivity index (χ2n) is 19.0. The summed E-state index contributed by atoms with van der Waals surface area (Å²) in [6, 6.07) is 51.6. The number of fused-ring (bicyclic) bond motifs is 2. The van der Waals surface area contributed by atoms with Crippen molar-refractivity contribution in [2.24, 2.45) is 5.41 Å². The number of rotatable bonds is 8. The Hall–Kier alpha value is -4.72. The first-order valence-electron chi connectivity index (χ1n) is 20.3. The van der Waals surface area contributed by atoms with Crippen LogP contribution < -0.4 is 9.05 Å². The summed E-state index contributed by atoms with van der Waals surface area (Å²) < 4.78 is 30.5. The van der Waals surface area contributed by atoms with Gasteiger partial charge in [0, 0.05) is 49.8 Å². The van der Waals surface area contributed by atoms with Crippen molar-refractivity contribution in [3.05, 3.63) is 201 Å². The molecule has 0 spiro atoms. The Morgan fingerprint density at radius 3 is 0.947 bits per heavy atom. The molecule has 1 heterocycles. The van der Waals surface area contributed by atoms with Gasteiger partial charge in [-0.1, -0.05) is 222 Å². The molecule has 0 fully saturated rings. The van der Waals surface area contributed by atoms with E-state index in [9.17, 15) is 0 Å². The van der Waals surface area contributed by atoms with Crippen LogP contribution in [0.4, 0.5) is 4.20 Å². The summed E-state index contributed by atoms with van der Waals surface area (Å²) in [5.41, 5.74) is 8.67. The Bertz CT molecular complexity index is 2180. The fraction of sp³-hybridized carbons (Fsp3) is 0.321. The van der Waals surface area contributed by atoms with Crippen molar-refractivity contribution in [3.8, 4) is 11.5 Å². The molecule has 2 nitrogen and oxygen atoms in total. The topological polar surface area (TPSA) is 18.5 Å². The fourth-order valence-electron chi connectivity index (χ4n) is 8.91. The molecule has 0 saturated heterocycles. The zero-order valence-corrected chi connectivity index (χ0v) is 36.5. The van der Waals surface area contributed by atoms with Gasteiger partial charge in [-0.25, -0.2) is 0 Å². The van der Waals surface area contributed by atoms with E-state index in [2.05, 4.69) is 210 Å². The molecule has 1 aliphatic heterocycles. The molecule has 0 radical (unpaired) electrons. The Labute approximate surface area is 342 Å². The normalized spacial score (nSPS) is 16.4. The molecule has 7 rings (SSSR count). The molecule has 57 heavy (non-hydrogen) atoms. The third-order valence-corrected chi connectivity index (χ3v) is 13.5. The maximum absolute atomic E-state index is 17.2. The minimum Gasteiger partial charge on any atom is -0.414 e. The van der Waals surface area contributed by atoms with Gasteiger partial charge >= 0.3 is 8.69 Å². The van der Waals surface area contributed by atoms with Gasteiger partial charge in [-0.2, -0.15) is 0 Å². The summed E-state index contributed by atoms with van der Waals surface area (Å²) in [7, 11) is -2.89. The van der Waals surface area contributed by atoms with Gasteiger partial charge in [-0.05, 0) is 38.8 Å². The quantitative estimate of drug-likeness (QED) is 0.143. The summed E-state index contributed by atoms with van der Waals surface area (Å²) in [5, 5.41) is 0. The Morgan fingerprint density at radius 2 is 0.667 bits per heavy atom. The number of benzene rings is 6. The van der Waals surface area contributed by atoms with Gasteiger partial charge in [0.2, 0.25) is 0 Å². The highest BCUT2D eigenvalue weighted by Gasteiger charge is 2.44. The zero-order chi connectivity index (χ0) is 41.0. The van der Waals surface area contributed by atoms with E-state index in [-0.39, 0.29) is 22.2 Å². The monoisotopic (exact) mass is 776 g/mol. The summed E-state index contributed by atoms with van der Waals surface area (Å²) in [6.07, 6.45) is 0. The highest BCUT2D eigenvalue weighted by molar-refractivity contribution is 7.42. The maximum atomic E-state index is 17.2.